The van der Waals surface area contributed by atoms with Crippen molar-refractivity contribution in [2.45, 2.75) is 6.42 Å². The van der Waals surface area contributed by atoms with Gasteiger partial charge >= 0.3 is 0 Å². The maximum atomic E-state index is 5.49. The Kier molecular flexibility index (Phi) is 4.23. The van der Waals surface area contributed by atoms with Crippen molar-refractivity contribution < 1.29 is 4.74 Å². The zero-order chi connectivity index (χ0) is 11.9. The second kappa shape index (κ2) is 6.12. The Labute approximate surface area is 103 Å². The van der Waals surface area contributed by atoms with Crippen molar-refractivity contribution in [2.75, 3.05) is 18.5 Å². The Morgan fingerprint density at radius 2 is 2.12 bits per heavy atom. The number of benzene rings is 1. The van der Waals surface area contributed by atoms with E-state index in [9.17, 15) is 0 Å². The summed E-state index contributed by atoms with van der Waals surface area (Å²) in [5.74, 6) is 0.833. The van der Waals surface area contributed by atoms with Gasteiger partial charge in [0.2, 0.25) is 5.13 Å². The molecule has 1 aromatic carbocycles. The molecular formula is C10H13N5OS. The van der Waals surface area contributed by atoms with Crippen LogP contribution >= 0.6 is 11.5 Å². The third-order valence-electron chi connectivity index (χ3n) is 2.02. The molecule has 0 aliphatic carbocycles. The summed E-state index contributed by atoms with van der Waals surface area (Å²) >= 11 is 1.21. The van der Waals surface area contributed by atoms with Crippen LogP contribution < -0.4 is 15.8 Å². The van der Waals surface area contributed by atoms with E-state index in [4.69, 9.17) is 10.5 Å². The molecule has 6 nitrogen and oxygen atoms in total. The minimum Gasteiger partial charge on any atom is -0.494 e. The summed E-state index contributed by atoms with van der Waals surface area (Å²) in [5, 5.41) is 11.1. The zero-order valence-corrected chi connectivity index (χ0v) is 9.98. The summed E-state index contributed by atoms with van der Waals surface area (Å²) < 4.78 is 9.16. The van der Waals surface area contributed by atoms with E-state index in [-0.39, 0.29) is 0 Å². The zero-order valence-electron chi connectivity index (χ0n) is 9.17. The highest BCUT2D eigenvalue weighted by atomic mass is 32.1. The van der Waals surface area contributed by atoms with Gasteiger partial charge in [-0.25, -0.2) is 0 Å². The summed E-state index contributed by atoms with van der Waals surface area (Å²) in [7, 11) is 0. The molecule has 0 aliphatic heterocycles. The molecule has 0 saturated carbocycles. The lowest BCUT2D eigenvalue weighted by molar-refractivity contribution is 0.313. The molecule has 17 heavy (non-hydrogen) atoms. The van der Waals surface area contributed by atoms with E-state index in [1.54, 1.807) is 0 Å². The van der Waals surface area contributed by atoms with Crippen LogP contribution in [0.25, 0.3) is 0 Å². The van der Waals surface area contributed by atoms with Gasteiger partial charge in [-0.1, -0.05) is 9.59 Å². The number of hydrogen-bond acceptors (Lipinski definition) is 7. The van der Waals surface area contributed by atoms with E-state index in [1.807, 2.05) is 24.3 Å². The SMILES string of the molecule is NCCCOc1ccc(Nc2nnns2)cc1. The predicted octanol–water partition coefficient (Wildman–Crippen LogP) is 1.40. The fraction of sp³-hybridized carbons (Fsp3) is 0.300. The van der Waals surface area contributed by atoms with Gasteiger partial charge in [-0.3, -0.25) is 0 Å². The minimum absolute atomic E-state index is 0.642. The summed E-state index contributed by atoms with van der Waals surface area (Å²) in [6.07, 6.45) is 0.858. The maximum absolute atomic E-state index is 5.49. The molecular weight excluding hydrogens is 238 g/mol. The number of rotatable bonds is 6. The second-order valence-corrected chi connectivity index (χ2v) is 4.04. The molecule has 0 atom stereocenters. The number of nitrogens with zero attached hydrogens (tertiary/aromatic N) is 3. The van der Waals surface area contributed by atoms with Crippen molar-refractivity contribution in [3.05, 3.63) is 24.3 Å². The average Bonchev–Trinajstić information content (AvgIpc) is 2.85. The van der Waals surface area contributed by atoms with Crippen molar-refractivity contribution >= 4 is 22.4 Å². The Hall–Kier alpha value is -1.73. The molecule has 0 saturated heterocycles. The van der Waals surface area contributed by atoms with Gasteiger partial charge in [0.15, 0.2) is 0 Å². The first-order valence-corrected chi connectivity index (χ1v) is 6.01. The van der Waals surface area contributed by atoms with Crippen molar-refractivity contribution in [2.24, 2.45) is 5.73 Å². The van der Waals surface area contributed by atoms with Crippen molar-refractivity contribution in [1.29, 1.82) is 0 Å². The fourth-order valence-corrected chi connectivity index (χ4v) is 1.60. The number of aromatic nitrogens is 3. The summed E-state index contributed by atoms with van der Waals surface area (Å²) in [5.41, 5.74) is 6.31. The first-order chi connectivity index (χ1) is 8.38. The van der Waals surface area contributed by atoms with Gasteiger partial charge in [0.05, 0.1) is 6.61 Å². The molecule has 0 radical (unpaired) electrons. The van der Waals surface area contributed by atoms with Crippen molar-refractivity contribution in [1.82, 2.24) is 14.8 Å². The van der Waals surface area contributed by atoms with Crippen LogP contribution in [0.5, 0.6) is 5.75 Å². The second-order valence-electron chi connectivity index (χ2n) is 3.31. The number of anilines is 2. The lowest BCUT2D eigenvalue weighted by Gasteiger charge is -2.06. The van der Waals surface area contributed by atoms with Gasteiger partial charge < -0.3 is 15.8 Å². The van der Waals surface area contributed by atoms with Gasteiger partial charge in [-0.2, -0.15) is 0 Å². The number of nitrogens with two attached hydrogens (primary N) is 1. The van der Waals surface area contributed by atoms with Crippen LogP contribution in [0.3, 0.4) is 0 Å². The number of nitrogens with one attached hydrogen (secondary N) is 1. The van der Waals surface area contributed by atoms with Gasteiger partial charge in [-0.05, 0) is 42.4 Å². The first kappa shape index (κ1) is 11.7. The molecule has 3 N–H and O–H groups in total. The van der Waals surface area contributed by atoms with E-state index in [0.717, 1.165) is 17.9 Å². The van der Waals surface area contributed by atoms with Crippen molar-refractivity contribution in [3.63, 3.8) is 0 Å². The summed E-state index contributed by atoms with van der Waals surface area (Å²) in [6.45, 7) is 1.29. The summed E-state index contributed by atoms with van der Waals surface area (Å²) in [6, 6.07) is 7.62. The van der Waals surface area contributed by atoms with Crippen molar-refractivity contribution in [3.8, 4) is 5.75 Å². The normalized spacial score (nSPS) is 10.2. The molecule has 2 aromatic rings. The molecule has 0 spiro atoms. The molecule has 1 aromatic heterocycles. The highest BCUT2D eigenvalue weighted by Gasteiger charge is 1.99. The predicted molar refractivity (Wildman–Crippen MR) is 66.6 cm³/mol. The van der Waals surface area contributed by atoms with E-state index >= 15 is 0 Å². The van der Waals surface area contributed by atoms with E-state index in [0.29, 0.717) is 18.3 Å². The Morgan fingerprint density at radius 3 is 2.76 bits per heavy atom. The van der Waals surface area contributed by atoms with Crippen LogP contribution in [0.2, 0.25) is 0 Å². The lowest BCUT2D eigenvalue weighted by Crippen LogP contribution is -2.05. The largest absolute Gasteiger partial charge is 0.494 e. The van der Waals surface area contributed by atoms with Crippen LogP contribution in [-0.2, 0) is 0 Å². The summed E-state index contributed by atoms with van der Waals surface area (Å²) in [4.78, 5) is 0. The van der Waals surface area contributed by atoms with Gasteiger partial charge in [-0.15, -0.1) is 0 Å². The standard InChI is InChI=1S/C10H13N5OS/c11-6-1-7-16-9-4-2-8(3-5-9)12-10-13-14-15-17-10/h2-5H,1,6-7,11H2,(H,12,13,15). The minimum atomic E-state index is 0.642. The van der Waals surface area contributed by atoms with E-state index < -0.39 is 0 Å². The third-order valence-corrected chi connectivity index (χ3v) is 2.53. The van der Waals surface area contributed by atoms with Gasteiger partial charge in [0.1, 0.15) is 5.75 Å². The van der Waals surface area contributed by atoms with Crippen LogP contribution in [0.4, 0.5) is 10.8 Å². The smallest absolute Gasteiger partial charge is 0.229 e. The molecule has 0 bridgehead atoms. The molecule has 7 heteroatoms. The molecule has 0 aliphatic rings. The Morgan fingerprint density at radius 1 is 1.29 bits per heavy atom. The van der Waals surface area contributed by atoms with Crippen LogP contribution in [0.15, 0.2) is 24.3 Å². The maximum Gasteiger partial charge on any atom is 0.229 e. The highest BCUT2D eigenvalue weighted by molar-refractivity contribution is 7.09. The van der Waals surface area contributed by atoms with Crippen LogP contribution in [0, 0.1) is 0 Å². The van der Waals surface area contributed by atoms with Crippen LogP contribution in [0.1, 0.15) is 6.42 Å². The molecule has 0 unspecified atom stereocenters. The quantitative estimate of drug-likeness (QED) is 0.755. The lowest BCUT2D eigenvalue weighted by atomic mass is 10.3. The molecule has 0 amide bonds. The van der Waals surface area contributed by atoms with Gasteiger partial charge in [0.25, 0.3) is 0 Å². The van der Waals surface area contributed by atoms with Crippen LogP contribution in [-0.4, -0.2) is 28.0 Å². The molecule has 90 valence electrons. The Balaban J connectivity index is 1.89. The average molecular weight is 251 g/mol. The monoisotopic (exact) mass is 251 g/mol. The van der Waals surface area contributed by atoms with Gasteiger partial charge in [0, 0.05) is 17.2 Å². The molecule has 0 fully saturated rings. The fourth-order valence-electron chi connectivity index (χ4n) is 1.21. The number of ether oxygens (including phenoxy) is 1. The van der Waals surface area contributed by atoms with E-state index in [1.165, 1.54) is 11.5 Å². The molecule has 1 heterocycles. The highest BCUT2D eigenvalue weighted by Crippen LogP contribution is 2.19. The third kappa shape index (κ3) is 3.65. The molecule has 2 rings (SSSR count). The first-order valence-electron chi connectivity index (χ1n) is 5.23. The Bertz CT molecular complexity index is 430. The topological polar surface area (TPSA) is 86.0 Å². The number of hydrogen-bond donors (Lipinski definition) is 2. The van der Waals surface area contributed by atoms with E-state index in [2.05, 4.69) is 20.1 Å².